The third kappa shape index (κ3) is 5.72. The van der Waals surface area contributed by atoms with Crippen molar-refractivity contribution in [2.45, 2.75) is 13.0 Å². The van der Waals surface area contributed by atoms with E-state index in [1.165, 1.54) is 0 Å². The second kappa shape index (κ2) is 8.58. The molecule has 0 aliphatic rings. The first-order valence-corrected chi connectivity index (χ1v) is 7.54. The van der Waals surface area contributed by atoms with Crippen molar-refractivity contribution in [3.63, 3.8) is 0 Å². The molecule has 2 aromatic rings. The van der Waals surface area contributed by atoms with Crippen LogP contribution in [0.25, 0.3) is 0 Å². The lowest BCUT2D eigenvalue weighted by atomic mass is 10.2. The molecule has 2 rings (SSSR count). The maximum Gasteiger partial charge on any atom is 0.341 e. The highest BCUT2D eigenvalue weighted by molar-refractivity contribution is 5.94. The van der Waals surface area contributed by atoms with Gasteiger partial charge in [-0.1, -0.05) is 6.07 Å². The lowest BCUT2D eigenvalue weighted by Gasteiger charge is -2.15. The van der Waals surface area contributed by atoms with Crippen molar-refractivity contribution in [2.24, 2.45) is 0 Å². The molecule has 0 heterocycles. The molecule has 1 unspecified atom stereocenters. The number of methoxy groups -OCH3 is 1. The summed E-state index contributed by atoms with van der Waals surface area (Å²) < 4.78 is 15.7. The summed E-state index contributed by atoms with van der Waals surface area (Å²) in [6, 6.07) is 13.4. The molecule has 0 saturated heterocycles. The average Bonchev–Trinajstić information content (AvgIpc) is 2.61. The highest BCUT2D eigenvalue weighted by atomic mass is 16.5. The number of anilines is 1. The van der Waals surface area contributed by atoms with Gasteiger partial charge in [-0.2, -0.15) is 0 Å². The Balaban J connectivity index is 1.93. The van der Waals surface area contributed by atoms with Crippen molar-refractivity contribution in [3.05, 3.63) is 48.5 Å². The van der Waals surface area contributed by atoms with Gasteiger partial charge in [-0.05, 0) is 43.3 Å². The Morgan fingerprint density at radius 3 is 2.40 bits per heavy atom. The molecule has 0 aromatic heterocycles. The zero-order chi connectivity index (χ0) is 18.2. The number of benzene rings is 2. The first-order chi connectivity index (χ1) is 12.0. The van der Waals surface area contributed by atoms with E-state index in [9.17, 15) is 9.59 Å². The fourth-order valence-electron chi connectivity index (χ4n) is 1.96. The monoisotopic (exact) mass is 345 g/mol. The number of nitrogens with one attached hydrogen (secondary N) is 1. The summed E-state index contributed by atoms with van der Waals surface area (Å²) in [5.74, 6) is 0.177. The van der Waals surface area contributed by atoms with Crippen LogP contribution in [0.4, 0.5) is 5.69 Å². The molecule has 2 aromatic carbocycles. The molecule has 7 heteroatoms. The van der Waals surface area contributed by atoms with Crippen molar-refractivity contribution < 1.29 is 28.9 Å². The fraction of sp³-hybridized carbons (Fsp3) is 0.222. The molecular weight excluding hydrogens is 326 g/mol. The number of hydrogen-bond donors (Lipinski definition) is 2. The highest BCUT2D eigenvalue weighted by Crippen LogP contribution is 2.20. The summed E-state index contributed by atoms with van der Waals surface area (Å²) in [6.07, 6.45) is -0.725. The van der Waals surface area contributed by atoms with Gasteiger partial charge in [0.25, 0.3) is 5.91 Å². The van der Waals surface area contributed by atoms with Crippen LogP contribution in [0.2, 0.25) is 0 Å². The van der Waals surface area contributed by atoms with Gasteiger partial charge in [0.1, 0.15) is 17.2 Å². The molecule has 25 heavy (non-hydrogen) atoms. The fourth-order valence-corrected chi connectivity index (χ4v) is 1.96. The number of carboxylic acids is 1. The van der Waals surface area contributed by atoms with E-state index in [0.717, 1.165) is 0 Å². The van der Waals surface area contributed by atoms with Gasteiger partial charge in [-0.3, -0.25) is 4.79 Å². The molecule has 0 fully saturated rings. The molecule has 2 N–H and O–H groups in total. The molecule has 132 valence electrons. The summed E-state index contributed by atoms with van der Waals surface area (Å²) in [7, 11) is 1.57. The first kappa shape index (κ1) is 18.1. The van der Waals surface area contributed by atoms with E-state index >= 15 is 0 Å². The lowest BCUT2D eigenvalue weighted by Crippen LogP contribution is -2.30. The van der Waals surface area contributed by atoms with E-state index in [-0.39, 0.29) is 5.91 Å². The van der Waals surface area contributed by atoms with Crippen molar-refractivity contribution in [3.8, 4) is 17.2 Å². The van der Waals surface area contributed by atoms with Gasteiger partial charge in [-0.15, -0.1) is 0 Å². The van der Waals surface area contributed by atoms with Gasteiger partial charge < -0.3 is 24.6 Å². The van der Waals surface area contributed by atoms with Crippen LogP contribution >= 0.6 is 0 Å². The number of carbonyl (C=O) groups excluding carboxylic acids is 1. The number of amides is 1. The predicted octanol–water partition coefficient (Wildman–Crippen LogP) is 2.56. The van der Waals surface area contributed by atoms with E-state index in [1.807, 2.05) is 0 Å². The van der Waals surface area contributed by atoms with Crippen LogP contribution in [0, 0.1) is 0 Å². The zero-order valence-corrected chi connectivity index (χ0v) is 13.9. The smallest absolute Gasteiger partial charge is 0.341 e. The van der Waals surface area contributed by atoms with Crippen LogP contribution < -0.4 is 19.5 Å². The molecule has 7 nitrogen and oxygen atoms in total. The van der Waals surface area contributed by atoms with Gasteiger partial charge >= 0.3 is 5.97 Å². The Labute approximate surface area is 145 Å². The molecule has 0 aliphatic carbocycles. The third-order valence-corrected chi connectivity index (χ3v) is 3.21. The number of aliphatic carboxylic acids is 1. The number of ether oxygens (including phenoxy) is 3. The van der Waals surface area contributed by atoms with E-state index in [0.29, 0.717) is 22.9 Å². The molecule has 1 amide bonds. The van der Waals surface area contributed by atoms with Gasteiger partial charge in [0, 0.05) is 11.8 Å². The third-order valence-electron chi connectivity index (χ3n) is 3.21. The quantitative estimate of drug-likeness (QED) is 0.764. The van der Waals surface area contributed by atoms with Crippen LogP contribution in [0.1, 0.15) is 6.92 Å². The van der Waals surface area contributed by atoms with Crippen LogP contribution in [-0.4, -0.2) is 36.8 Å². The maximum atomic E-state index is 12.2. The number of rotatable bonds is 8. The first-order valence-electron chi connectivity index (χ1n) is 7.54. The molecule has 0 spiro atoms. The predicted molar refractivity (Wildman–Crippen MR) is 91.3 cm³/mol. The Morgan fingerprint density at radius 1 is 1.08 bits per heavy atom. The van der Waals surface area contributed by atoms with Crippen LogP contribution in [-0.2, 0) is 9.59 Å². The van der Waals surface area contributed by atoms with E-state index < -0.39 is 18.7 Å². The van der Waals surface area contributed by atoms with Crippen LogP contribution in [0.3, 0.4) is 0 Å². The summed E-state index contributed by atoms with van der Waals surface area (Å²) in [4.78, 5) is 22.7. The van der Waals surface area contributed by atoms with Crippen molar-refractivity contribution >= 4 is 17.6 Å². The molecular formula is C18H19NO6. The number of carboxylic acid groups (broad SMARTS) is 1. The van der Waals surface area contributed by atoms with Crippen LogP contribution in [0.15, 0.2) is 48.5 Å². The van der Waals surface area contributed by atoms with Gasteiger partial charge in [0.15, 0.2) is 12.7 Å². The van der Waals surface area contributed by atoms with Crippen molar-refractivity contribution in [1.29, 1.82) is 0 Å². The zero-order valence-electron chi connectivity index (χ0n) is 13.9. The summed E-state index contributed by atoms with van der Waals surface area (Å²) in [5.41, 5.74) is 0.484. The van der Waals surface area contributed by atoms with E-state index in [4.69, 9.17) is 19.3 Å². The van der Waals surface area contributed by atoms with E-state index in [1.54, 1.807) is 62.6 Å². The second-order valence-electron chi connectivity index (χ2n) is 5.14. The maximum absolute atomic E-state index is 12.2. The lowest BCUT2D eigenvalue weighted by molar-refractivity contribution is -0.139. The van der Waals surface area contributed by atoms with Crippen molar-refractivity contribution in [1.82, 2.24) is 0 Å². The molecule has 1 atom stereocenters. The molecule has 0 aliphatic heterocycles. The summed E-state index contributed by atoms with van der Waals surface area (Å²) in [5, 5.41) is 11.3. The number of carbonyl (C=O) groups is 2. The van der Waals surface area contributed by atoms with E-state index in [2.05, 4.69) is 5.32 Å². The van der Waals surface area contributed by atoms with Crippen LogP contribution in [0.5, 0.6) is 17.2 Å². The standard InChI is InChI=1S/C18H19NO6/c1-12(25-15-8-6-14(23-2)7-9-15)18(22)19-13-4-3-5-16(10-13)24-11-17(20)21/h3-10,12H,11H2,1-2H3,(H,19,22)(H,20,21). The van der Waals surface area contributed by atoms with Gasteiger partial charge in [0.05, 0.1) is 7.11 Å². The summed E-state index contributed by atoms with van der Waals surface area (Å²) >= 11 is 0. The minimum absolute atomic E-state index is 0.341. The Bertz CT molecular complexity index is 729. The Kier molecular flexibility index (Phi) is 6.22. The summed E-state index contributed by atoms with van der Waals surface area (Å²) in [6.45, 7) is 1.18. The second-order valence-corrected chi connectivity index (χ2v) is 5.14. The minimum atomic E-state index is -1.07. The SMILES string of the molecule is COc1ccc(OC(C)C(=O)Nc2cccc(OCC(=O)O)c2)cc1. The largest absolute Gasteiger partial charge is 0.497 e. The molecule has 0 bridgehead atoms. The topological polar surface area (TPSA) is 94.1 Å². The van der Waals surface area contributed by atoms with Gasteiger partial charge in [-0.25, -0.2) is 4.79 Å². The Morgan fingerprint density at radius 2 is 1.76 bits per heavy atom. The number of hydrogen-bond acceptors (Lipinski definition) is 5. The average molecular weight is 345 g/mol. The highest BCUT2D eigenvalue weighted by Gasteiger charge is 2.15. The molecule has 0 saturated carbocycles. The molecule has 0 radical (unpaired) electrons. The normalized spacial score (nSPS) is 11.3. The van der Waals surface area contributed by atoms with Gasteiger partial charge in [0.2, 0.25) is 0 Å². The van der Waals surface area contributed by atoms with Crippen molar-refractivity contribution in [2.75, 3.05) is 19.0 Å². The minimum Gasteiger partial charge on any atom is -0.497 e. The Hall–Kier alpha value is -3.22.